The lowest BCUT2D eigenvalue weighted by atomic mass is 10.1. The summed E-state index contributed by atoms with van der Waals surface area (Å²) < 4.78 is -1.01. The van der Waals surface area contributed by atoms with Gasteiger partial charge in [0, 0.05) is 6.54 Å². The van der Waals surface area contributed by atoms with Crippen LogP contribution in [0.25, 0.3) is 0 Å². The van der Waals surface area contributed by atoms with Gasteiger partial charge in [-0.1, -0.05) is 30.3 Å². The largest absolute Gasteiger partial charge is 0.354 e. The first-order valence-electron chi connectivity index (χ1n) is 6.82. The van der Waals surface area contributed by atoms with E-state index < -0.39 is 9.75 Å². The van der Waals surface area contributed by atoms with Crippen molar-refractivity contribution in [1.29, 1.82) is 0 Å². The van der Waals surface area contributed by atoms with Crippen LogP contribution in [0.5, 0.6) is 0 Å². The molecule has 4 nitrogen and oxygen atoms in total. The van der Waals surface area contributed by atoms with Gasteiger partial charge in [-0.05, 0) is 25.3 Å². The van der Waals surface area contributed by atoms with Crippen LogP contribution in [0, 0.1) is 5.41 Å². The number of benzene rings is 1. The smallest absolute Gasteiger partial charge is 0.239 e. The second-order valence-electron chi connectivity index (χ2n) is 5.48. The predicted molar refractivity (Wildman–Crippen MR) is 83.3 cm³/mol. The van der Waals surface area contributed by atoms with E-state index in [1.165, 1.54) is 0 Å². The second kappa shape index (κ2) is 6.24. The molecule has 0 radical (unpaired) electrons. The zero-order valence-corrected chi connectivity index (χ0v) is 13.3. The fourth-order valence-corrected chi connectivity index (χ4v) is 2.76. The van der Waals surface area contributed by atoms with Crippen molar-refractivity contribution in [3.63, 3.8) is 0 Å². The predicted octanol–water partition coefficient (Wildman–Crippen LogP) is 2.05. The van der Waals surface area contributed by atoms with Gasteiger partial charge in [-0.25, -0.2) is 0 Å². The molecule has 0 saturated heterocycles. The zero-order chi connectivity index (χ0) is 15.5. The molecule has 21 heavy (non-hydrogen) atoms. The Kier molecular flexibility index (Phi) is 4.79. The van der Waals surface area contributed by atoms with Gasteiger partial charge in [-0.15, -0.1) is 23.2 Å². The summed E-state index contributed by atoms with van der Waals surface area (Å²) >= 11 is 11.8. The lowest BCUT2D eigenvalue weighted by molar-refractivity contribution is -0.129. The summed E-state index contributed by atoms with van der Waals surface area (Å²) in [6.07, 6.45) is 1.16. The Morgan fingerprint density at radius 1 is 1.19 bits per heavy atom. The molecule has 1 unspecified atom stereocenters. The van der Waals surface area contributed by atoms with Crippen molar-refractivity contribution in [2.45, 2.75) is 24.1 Å². The molecule has 0 bridgehead atoms. The molecule has 1 saturated carbocycles. The van der Waals surface area contributed by atoms with Gasteiger partial charge in [0.1, 0.15) is 4.33 Å². The van der Waals surface area contributed by atoms with Crippen LogP contribution in [0.2, 0.25) is 0 Å². The monoisotopic (exact) mass is 328 g/mol. The van der Waals surface area contributed by atoms with E-state index in [9.17, 15) is 9.59 Å². The number of alkyl halides is 2. The average molecular weight is 329 g/mol. The fraction of sp³-hybridized carbons (Fsp3) is 0.467. The standard InChI is InChI=1S/C15H18Cl2N2O2/c1-14(10-15(14,16)17)13(21)19-9-12(20)18-8-7-11-5-3-2-4-6-11/h2-6H,7-10H2,1H3,(H,18,20)(H,19,21). The summed E-state index contributed by atoms with van der Waals surface area (Å²) in [6, 6.07) is 9.87. The molecule has 0 heterocycles. The van der Waals surface area contributed by atoms with E-state index in [-0.39, 0.29) is 18.4 Å². The summed E-state index contributed by atoms with van der Waals surface area (Å²) in [5.41, 5.74) is 0.363. The number of hydrogen-bond donors (Lipinski definition) is 2. The Labute approximate surface area is 134 Å². The molecule has 1 aromatic carbocycles. The van der Waals surface area contributed by atoms with Crippen LogP contribution in [-0.4, -0.2) is 29.2 Å². The van der Waals surface area contributed by atoms with Crippen LogP contribution in [-0.2, 0) is 16.0 Å². The highest BCUT2D eigenvalue weighted by atomic mass is 35.5. The van der Waals surface area contributed by atoms with Gasteiger partial charge in [0.25, 0.3) is 0 Å². The minimum atomic E-state index is -1.01. The van der Waals surface area contributed by atoms with Gasteiger partial charge in [0.15, 0.2) is 0 Å². The van der Waals surface area contributed by atoms with Crippen molar-refractivity contribution >= 4 is 35.0 Å². The van der Waals surface area contributed by atoms with Crippen molar-refractivity contribution in [3.05, 3.63) is 35.9 Å². The van der Waals surface area contributed by atoms with Crippen LogP contribution in [0.3, 0.4) is 0 Å². The third-order valence-corrected chi connectivity index (χ3v) is 4.85. The van der Waals surface area contributed by atoms with Gasteiger partial charge in [-0.2, -0.15) is 0 Å². The summed E-state index contributed by atoms with van der Waals surface area (Å²) in [6.45, 7) is 2.16. The molecule has 0 aliphatic heterocycles. The van der Waals surface area contributed by atoms with Crippen molar-refractivity contribution in [3.8, 4) is 0 Å². The zero-order valence-electron chi connectivity index (χ0n) is 11.8. The number of rotatable bonds is 6. The van der Waals surface area contributed by atoms with Gasteiger partial charge >= 0.3 is 0 Å². The molecule has 2 N–H and O–H groups in total. The van der Waals surface area contributed by atoms with E-state index in [1.54, 1.807) is 6.92 Å². The van der Waals surface area contributed by atoms with E-state index in [2.05, 4.69) is 10.6 Å². The van der Waals surface area contributed by atoms with Crippen molar-refractivity contribution in [2.75, 3.05) is 13.1 Å². The van der Waals surface area contributed by atoms with E-state index in [0.717, 1.165) is 12.0 Å². The molecule has 1 atom stereocenters. The molecule has 0 spiro atoms. The van der Waals surface area contributed by atoms with Gasteiger partial charge in [0.2, 0.25) is 11.8 Å². The van der Waals surface area contributed by atoms with Gasteiger partial charge in [0.05, 0.1) is 12.0 Å². The molecule has 0 aromatic heterocycles. The van der Waals surface area contributed by atoms with Crippen LogP contribution < -0.4 is 10.6 Å². The number of carbonyl (C=O) groups is 2. The van der Waals surface area contributed by atoms with Crippen molar-refractivity contribution < 1.29 is 9.59 Å². The first-order valence-corrected chi connectivity index (χ1v) is 7.57. The Balaban J connectivity index is 1.65. The maximum atomic E-state index is 11.9. The molecule has 6 heteroatoms. The minimum Gasteiger partial charge on any atom is -0.354 e. The third kappa shape index (κ3) is 3.89. The lowest BCUT2D eigenvalue weighted by Gasteiger charge is -2.12. The summed E-state index contributed by atoms with van der Waals surface area (Å²) in [5.74, 6) is -0.510. The highest BCUT2D eigenvalue weighted by molar-refractivity contribution is 6.53. The molecule has 1 aliphatic carbocycles. The molecular weight excluding hydrogens is 311 g/mol. The molecule has 114 valence electrons. The fourth-order valence-electron chi connectivity index (χ4n) is 2.06. The average Bonchev–Trinajstić information content (AvgIpc) is 2.97. The summed E-state index contributed by atoms with van der Waals surface area (Å²) in [5, 5.41) is 5.33. The Morgan fingerprint density at radius 3 is 2.38 bits per heavy atom. The quantitative estimate of drug-likeness (QED) is 0.785. The normalized spacial score (nSPS) is 22.4. The number of hydrogen-bond acceptors (Lipinski definition) is 2. The van der Waals surface area contributed by atoms with Crippen molar-refractivity contribution in [1.82, 2.24) is 10.6 Å². The Morgan fingerprint density at radius 2 is 1.81 bits per heavy atom. The highest BCUT2D eigenvalue weighted by Crippen LogP contribution is 2.63. The van der Waals surface area contributed by atoms with Gasteiger partial charge in [-0.3, -0.25) is 9.59 Å². The first-order chi connectivity index (χ1) is 9.85. The lowest BCUT2D eigenvalue weighted by Crippen LogP contribution is -2.41. The number of halogens is 2. The van der Waals surface area contributed by atoms with Gasteiger partial charge < -0.3 is 10.6 Å². The molecular formula is C15H18Cl2N2O2. The summed E-state index contributed by atoms with van der Waals surface area (Å²) in [4.78, 5) is 23.5. The second-order valence-corrected chi connectivity index (χ2v) is 6.97. The van der Waals surface area contributed by atoms with Crippen LogP contribution in [0.4, 0.5) is 0 Å². The first kappa shape index (κ1) is 16.1. The number of amides is 2. The molecule has 2 rings (SSSR count). The Bertz CT molecular complexity index is 534. The van der Waals surface area contributed by atoms with Crippen LogP contribution >= 0.6 is 23.2 Å². The third-order valence-electron chi connectivity index (χ3n) is 3.75. The van der Waals surface area contributed by atoms with Crippen LogP contribution in [0.15, 0.2) is 30.3 Å². The molecule has 1 fully saturated rings. The topological polar surface area (TPSA) is 58.2 Å². The number of nitrogens with one attached hydrogen (secondary N) is 2. The SMILES string of the molecule is CC1(C(=O)NCC(=O)NCCc2ccccc2)CC1(Cl)Cl. The van der Waals surface area contributed by atoms with E-state index in [4.69, 9.17) is 23.2 Å². The van der Waals surface area contributed by atoms with Crippen LogP contribution in [0.1, 0.15) is 18.9 Å². The highest BCUT2D eigenvalue weighted by Gasteiger charge is 2.67. The maximum absolute atomic E-state index is 11.9. The summed E-state index contributed by atoms with van der Waals surface area (Å²) in [7, 11) is 0. The number of carbonyl (C=O) groups excluding carboxylic acids is 2. The molecule has 2 amide bonds. The minimum absolute atomic E-state index is 0.0624. The Hall–Kier alpha value is -1.26. The van der Waals surface area contributed by atoms with E-state index in [0.29, 0.717) is 13.0 Å². The van der Waals surface area contributed by atoms with E-state index >= 15 is 0 Å². The van der Waals surface area contributed by atoms with E-state index in [1.807, 2.05) is 30.3 Å². The molecule has 1 aliphatic rings. The molecule has 1 aromatic rings. The van der Waals surface area contributed by atoms with Crippen molar-refractivity contribution in [2.24, 2.45) is 5.41 Å². The maximum Gasteiger partial charge on any atom is 0.239 e.